The summed E-state index contributed by atoms with van der Waals surface area (Å²) in [4.78, 5) is 16.4. The average molecular weight is 322 g/mol. The molecule has 3 aromatic rings. The van der Waals surface area contributed by atoms with Crippen LogP contribution in [0.5, 0.6) is 0 Å². The number of aromatic nitrogens is 1. The molecule has 2 aromatic carbocycles. The Kier molecular flexibility index (Phi) is 4.65. The Balaban J connectivity index is 1.82. The molecule has 0 radical (unpaired) electrons. The highest BCUT2D eigenvalue weighted by atomic mass is 16.5. The van der Waals surface area contributed by atoms with Gasteiger partial charge in [0.1, 0.15) is 0 Å². The number of aryl methyl sites for hydroxylation is 1. The van der Waals surface area contributed by atoms with Gasteiger partial charge in [-0.2, -0.15) is 0 Å². The van der Waals surface area contributed by atoms with Crippen LogP contribution in [-0.4, -0.2) is 17.6 Å². The van der Waals surface area contributed by atoms with Crippen molar-refractivity contribution in [2.45, 2.75) is 26.7 Å². The van der Waals surface area contributed by atoms with Crippen molar-refractivity contribution in [3.8, 4) is 0 Å². The van der Waals surface area contributed by atoms with Crippen molar-refractivity contribution in [3.63, 3.8) is 0 Å². The van der Waals surface area contributed by atoms with Gasteiger partial charge in [0.15, 0.2) is 0 Å². The van der Waals surface area contributed by atoms with Crippen LogP contribution in [0.2, 0.25) is 0 Å². The summed E-state index contributed by atoms with van der Waals surface area (Å²) in [7, 11) is 0. The number of anilines is 1. The molecule has 0 saturated carbocycles. The lowest BCUT2D eigenvalue weighted by Gasteiger charge is -2.09. The summed E-state index contributed by atoms with van der Waals surface area (Å²) in [6, 6.07) is 13.8. The van der Waals surface area contributed by atoms with Gasteiger partial charge in [0.25, 0.3) is 0 Å². The van der Waals surface area contributed by atoms with E-state index >= 15 is 0 Å². The van der Waals surface area contributed by atoms with Crippen molar-refractivity contribution in [2.75, 3.05) is 12.3 Å². The summed E-state index contributed by atoms with van der Waals surface area (Å²) < 4.78 is 5.22. The number of nitrogen functional groups attached to an aromatic ring is 1. The van der Waals surface area contributed by atoms with Gasteiger partial charge in [-0.05, 0) is 36.1 Å². The zero-order valence-corrected chi connectivity index (χ0v) is 14.1. The second-order valence-electron chi connectivity index (χ2n) is 6.47. The normalized spacial score (nSPS) is 11.3. The lowest BCUT2D eigenvalue weighted by Crippen LogP contribution is -2.10. The molecule has 2 N–H and O–H groups in total. The molecule has 0 fully saturated rings. The summed E-state index contributed by atoms with van der Waals surface area (Å²) in [5.41, 5.74) is 9.90. The molecule has 0 bridgehead atoms. The first-order valence-corrected chi connectivity index (χ1v) is 8.27. The Hall–Kier alpha value is -2.62. The second-order valence-corrected chi connectivity index (χ2v) is 6.47. The van der Waals surface area contributed by atoms with E-state index in [0.29, 0.717) is 25.4 Å². The molecule has 124 valence electrons. The topological polar surface area (TPSA) is 65.2 Å². The quantitative estimate of drug-likeness (QED) is 0.567. The number of ether oxygens (including phenoxy) is 1. The van der Waals surface area contributed by atoms with Crippen LogP contribution >= 0.6 is 0 Å². The molecule has 4 nitrogen and oxygen atoms in total. The molecule has 24 heavy (non-hydrogen) atoms. The van der Waals surface area contributed by atoms with Gasteiger partial charge in [-0.15, -0.1) is 0 Å². The van der Waals surface area contributed by atoms with Crippen LogP contribution in [0.4, 0.5) is 5.69 Å². The molecule has 0 atom stereocenters. The van der Waals surface area contributed by atoms with Crippen molar-refractivity contribution < 1.29 is 9.53 Å². The number of nitrogens with two attached hydrogens (primary N) is 1. The molecule has 0 spiro atoms. The molecule has 1 aromatic heterocycles. The molecule has 0 aliphatic heterocycles. The fourth-order valence-electron chi connectivity index (χ4n) is 2.70. The first kappa shape index (κ1) is 16.2. The van der Waals surface area contributed by atoms with Gasteiger partial charge < -0.3 is 10.5 Å². The number of nitrogens with zero attached hydrogens (tertiary/aromatic N) is 1. The number of hydrogen-bond acceptors (Lipinski definition) is 4. The zero-order valence-electron chi connectivity index (χ0n) is 14.1. The van der Waals surface area contributed by atoms with Crippen LogP contribution < -0.4 is 5.73 Å². The number of carbonyl (C=O) groups excluding carboxylic acids is 1. The van der Waals surface area contributed by atoms with Crippen LogP contribution in [0.3, 0.4) is 0 Å². The summed E-state index contributed by atoms with van der Waals surface area (Å²) in [5.74, 6) is 0.196. The third-order valence-corrected chi connectivity index (χ3v) is 3.98. The van der Waals surface area contributed by atoms with Crippen LogP contribution in [0.25, 0.3) is 21.8 Å². The van der Waals surface area contributed by atoms with E-state index in [2.05, 4.69) is 4.98 Å². The minimum Gasteiger partial charge on any atom is -0.465 e. The number of fused-ring (bicyclic) bond motifs is 2. The average Bonchev–Trinajstić information content (AvgIpc) is 2.58. The number of carbonyl (C=O) groups is 1. The molecule has 0 unspecified atom stereocenters. The van der Waals surface area contributed by atoms with E-state index in [1.165, 1.54) is 0 Å². The van der Waals surface area contributed by atoms with Crippen molar-refractivity contribution in [1.82, 2.24) is 4.98 Å². The van der Waals surface area contributed by atoms with E-state index in [1.54, 1.807) is 0 Å². The SMILES string of the molecule is CC(C)COC(=O)CCc1ccc2nc3ccccc3c(N)c2c1. The number of para-hydroxylation sites is 1. The van der Waals surface area contributed by atoms with E-state index in [-0.39, 0.29) is 5.97 Å². The van der Waals surface area contributed by atoms with Gasteiger partial charge in [0.2, 0.25) is 0 Å². The van der Waals surface area contributed by atoms with Crippen LogP contribution in [0, 0.1) is 5.92 Å². The van der Waals surface area contributed by atoms with Crippen LogP contribution in [-0.2, 0) is 16.0 Å². The number of rotatable bonds is 5. The molecule has 4 heteroatoms. The number of hydrogen-bond donors (Lipinski definition) is 1. The van der Waals surface area contributed by atoms with E-state index in [0.717, 1.165) is 33.1 Å². The predicted molar refractivity (Wildman–Crippen MR) is 97.8 cm³/mol. The molecule has 0 saturated heterocycles. The maximum Gasteiger partial charge on any atom is 0.306 e. The van der Waals surface area contributed by atoms with Crippen LogP contribution in [0.1, 0.15) is 25.8 Å². The van der Waals surface area contributed by atoms with E-state index < -0.39 is 0 Å². The Morgan fingerprint density at radius 2 is 1.88 bits per heavy atom. The first-order valence-electron chi connectivity index (χ1n) is 8.27. The Bertz CT molecular complexity index is 887. The standard InChI is InChI=1S/C20H22N2O2/c1-13(2)12-24-19(23)10-8-14-7-9-18-16(11-14)20(21)15-5-3-4-6-17(15)22-18/h3-7,9,11,13H,8,10,12H2,1-2H3,(H2,21,22). The van der Waals surface area contributed by atoms with Gasteiger partial charge in [0, 0.05) is 17.2 Å². The number of pyridine rings is 1. The van der Waals surface area contributed by atoms with Gasteiger partial charge in [-0.3, -0.25) is 4.79 Å². The van der Waals surface area contributed by atoms with E-state index in [4.69, 9.17) is 10.5 Å². The summed E-state index contributed by atoms with van der Waals surface area (Å²) in [5, 5.41) is 1.89. The lowest BCUT2D eigenvalue weighted by molar-refractivity contribution is -0.144. The molecule has 0 aliphatic rings. The van der Waals surface area contributed by atoms with E-state index in [1.807, 2.05) is 56.3 Å². The van der Waals surface area contributed by atoms with Crippen LogP contribution in [0.15, 0.2) is 42.5 Å². The lowest BCUT2D eigenvalue weighted by atomic mass is 10.0. The Labute approximate surface area is 141 Å². The first-order chi connectivity index (χ1) is 11.5. The minimum atomic E-state index is -0.159. The highest BCUT2D eigenvalue weighted by Gasteiger charge is 2.09. The molecule has 0 amide bonds. The van der Waals surface area contributed by atoms with Crippen molar-refractivity contribution in [1.29, 1.82) is 0 Å². The molecule has 1 heterocycles. The minimum absolute atomic E-state index is 0.159. The largest absolute Gasteiger partial charge is 0.465 e. The molecular weight excluding hydrogens is 300 g/mol. The fraction of sp³-hybridized carbons (Fsp3) is 0.300. The summed E-state index contributed by atoms with van der Waals surface area (Å²) >= 11 is 0. The van der Waals surface area contributed by atoms with Gasteiger partial charge in [0.05, 0.1) is 23.3 Å². The second kappa shape index (κ2) is 6.87. The highest BCUT2D eigenvalue weighted by molar-refractivity contribution is 6.06. The van der Waals surface area contributed by atoms with Gasteiger partial charge in [-0.25, -0.2) is 4.98 Å². The Morgan fingerprint density at radius 1 is 1.12 bits per heavy atom. The third-order valence-electron chi connectivity index (χ3n) is 3.98. The highest BCUT2D eigenvalue weighted by Crippen LogP contribution is 2.28. The molecular formula is C20H22N2O2. The predicted octanol–water partition coefficient (Wildman–Crippen LogP) is 4.10. The fourth-order valence-corrected chi connectivity index (χ4v) is 2.70. The smallest absolute Gasteiger partial charge is 0.306 e. The summed E-state index contributed by atoms with van der Waals surface area (Å²) in [6.07, 6.45) is 1.01. The molecule has 0 aliphatic carbocycles. The van der Waals surface area contributed by atoms with Gasteiger partial charge >= 0.3 is 5.97 Å². The maximum atomic E-state index is 11.8. The summed E-state index contributed by atoms with van der Waals surface area (Å²) in [6.45, 7) is 4.52. The Morgan fingerprint density at radius 3 is 2.67 bits per heavy atom. The van der Waals surface area contributed by atoms with Gasteiger partial charge in [-0.1, -0.05) is 38.1 Å². The number of esters is 1. The molecule has 3 rings (SSSR count). The van der Waals surface area contributed by atoms with E-state index in [9.17, 15) is 4.79 Å². The van der Waals surface area contributed by atoms with Crippen molar-refractivity contribution >= 4 is 33.5 Å². The zero-order chi connectivity index (χ0) is 17.1. The monoisotopic (exact) mass is 322 g/mol. The maximum absolute atomic E-state index is 11.8. The van der Waals surface area contributed by atoms with Crippen molar-refractivity contribution in [3.05, 3.63) is 48.0 Å². The third kappa shape index (κ3) is 3.48. The number of benzene rings is 2. The van der Waals surface area contributed by atoms with Crippen molar-refractivity contribution in [2.24, 2.45) is 5.92 Å².